The maximum absolute atomic E-state index is 5.52. The van der Waals surface area contributed by atoms with Crippen LogP contribution in [-0.4, -0.2) is 19.8 Å². The second kappa shape index (κ2) is 5.12. The number of ether oxygens (including phenoxy) is 1. The van der Waals surface area contributed by atoms with Crippen molar-refractivity contribution in [2.45, 2.75) is 40.0 Å². The third-order valence-corrected chi connectivity index (χ3v) is 3.91. The van der Waals surface area contributed by atoms with Gasteiger partial charge in [-0.05, 0) is 30.1 Å². The molecule has 0 atom stereocenters. The van der Waals surface area contributed by atoms with Gasteiger partial charge in [-0.25, -0.2) is 0 Å². The Kier molecular flexibility index (Phi) is 4.65. The van der Waals surface area contributed by atoms with E-state index in [0.717, 1.165) is 13.2 Å². The fourth-order valence-corrected chi connectivity index (χ4v) is 2.17. The number of hydrogen-bond donors (Lipinski definition) is 0. The van der Waals surface area contributed by atoms with Crippen molar-refractivity contribution in [1.29, 1.82) is 0 Å². The maximum atomic E-state index is 5.52. The summed E-state index contributed by atoms with van der Waals surface area (Å²) in [5.41, 5.74) is 1.01. The molecule has 0 bridgehead atoms. The molecule has 0 N–H and O–H groups in total. The van der Waals surface area contributed by atoms with Gasteiger partial charge in [0.1, 0.15) is 23.0 Å². The molecule has 0 amide bonds. The first-order valence-electron chi connectivity index (χ1n) is 5.33. The van der Waals surface area contributed by atoms with Crippen LogP contribution < -0.4 is 0 Å². The first kappa shape index (κ1) is 12.7. The van der Waals surface area contributed by atoms with Crippen molar-refractivity contribution in [3.8, 4) is 0 Å². The van der Waals surface area contributed by atoms with Gasteiger partial charge >= 0.3 is 0 Å². The zero-order valence-corrected chi connectivity index (χ0v) is 11.6. The molecule has 0 aliphatic heterocycles. The summed E-state index contributed by atoms with van der Waals surface area (Å²) in [7, 11) is 0. The highest BCUT2D eigenvalue weighted by molar-refractivity contribution is 14.1. The Balaban J connectivity index is 2.12. The molecule has 0 heterocycles. The number of hydrogen-bond acceptors (Lipinski definition) is 2. The fraction of sp³-hybridized carbons (Fsp3) is 1.00. The van der Waals surface area contributed by atoms with Crippen LogP contribution in [0.25, 0.3) is 0 Å². The van der Waals surface area contributed by atoms with Crippen molar-refractivity contribution in [2.24, 2.45) is 10.8 Å². The van der Waals surface area contributed by atoms with Crippen LogP contribution in [0, 0.1) is 10.8 Å². The Labute approximate surface area is 101 Å². The van der Waals surface area contributed by atoms with Gasteiger partial charge in [0, 0.05) is 6.61 Å². The molecule has 2 nitrogen and oxygen atoms in total. The second-order valence-electron chi connectivity index (χ2n) is 5.21. The predicted octanol–water partition coefficient (Wildman–Crippen LogP) is 3.59. The lowest BCUT2D eigenvalue weighted by Gasteiger charge is -2.30. The quantitative estimate of drug-likeness (QED) is 0.551. The molecular formula is C11H21IO2. The number of halogens is 1. The normalized spacial score (nSPS) is 19.7. The van der Waals surface area contributed by atoms with Crippen molar-refractivity contribution in [1.82, 2.24) is 0 Å². The lowest BCUT2D eigenvalue weighted by Crippen LogP contribution is -2.23. The predicted molar refractivity (Wildman–Crippen MR) is 66.5 cm³/mol. The van der Waals surface area contributed by atoms with E-state index < -0.39 is 0 Å². The van der Waals surface area contributed by atoms with E-state index >= 15 is 0 Å². The van der Waals surface area contributed by atoms with Crippen LogP contribution in [0.5, 0.6) is 0 Å². The van der Waals surface area contributed by atoms with Crippen LogP contribution in [0.3, 0.4) is 0 Å². The lowest BCUT2D eigenvalue weighted by molar-refractivity contribution is 0.0756. The fourth-order valence-electron chi connectivity index (χ4n) is 1.99. The molecule has 0 aromatic heterocycles. The van der Waals surface area contributed by atoms with Gasteiger partial charge in [-0.2, -0.15) is 0 Å². The van der Waals surface area contributed by atoms with Crippen molar-refractivity contribution in [3.63, 3.8) is 0 Å². The van der Waals surface area contributed by atoms with Gasteiger partial charge < -0.3 is 7.80 Å². The van der Waals surface area contributed by atoms with Gasteiger partial charge in [-0.15, -0.1) is 0 Å². The van der Waals surface area contributed by atoms with E-state index in [9.17, 15) is 0 Å². The van der Waals surface area contributed by atoms with Gasteiger partial charge in [-0.3, -0.25) is 0 Å². The molecule has 84 valence electrons. The van der Waals surface area contributed by atoms with Gasteiger partial charge in [0.25, 0.3) is 0 Å². The largest absolute Gasteiger partial charge is 0.379 e. The molecule has 1 fully saturated rings. The van der Waals surface area contributed by atoms with Crippen LogP contribution in [0.4, 0.5) is 0 Å². The average Bonchev–Trinajstić information content (AvgIpc) is 2.84. The van der Waals surface area contributed by atoms with E-state index in [2.05, 4.69) is 20.8 Å². The smallest absolute Gasteiger partial charge is 0.109 e. The monoisotopic (exact) mass is 312 g/mol. The molecule has 0 aromatic carbocycles. The molecule has 0 unspecified atom stereocenters. The lowest BCUT2D eigenvalue weighted by atomic mass is 9.76. The summed E-state index contributed by atoms with van der Waals surface area (Å²) in [6.07, 6.45) is 3.96. The Hall–Kier alpha value is 0.650. The first-order valence-corrected chi connectivity index (χ1v) is 6.21. The summed E-state index contributed by atoms with van der Waals surface area (Å²) in [4.78, 5) is 0. The minimum atomic E-state index is 0.441. The van der Waals surface area contributed by atoms with Crippen molar-refractivity contribution < 1.29 is 7.80 Å². The van der Waals surface area contributed by atoms with E-state index in [4.69, 9.17) is 7.80 Å². The Morgan fingerprint density at radius 1 is 1.14 bits per heavy atom. The van der Waals surface area contributed by atoms with Gasteiger partial charge in [0.2, 0.25) is 0 Å². The van der Waals surface area contributed by atoms with E-state index in [1.54, 1.807) is 0 Å². The van der Waals surface area contributed by atoms with E-state index in [1.165, 1.54) is 19.3 Å². The minimum absolute atomic E-state index is 0.441. The standard InChI is InChI=1S/C11H21IO2/c1-10(2,3)11(4-5-11)6-7-13-8-9-14-12/h4-9H2,1-3H3. The first-order chi connectivity index (χ1) is 6.52. The second-order valence-corrected chi connectivity index (χ2v) is 5.83. The molecule has 1 rings (SSSR count). The topological polar surface area (TPSA) is 18.5 Å². The molecule has 0 radical (unpaired) electrons. The highest BCUT2D eigenvalue weighted by atomic mass is 127. The van der Waals surface area contributed by atoms with E-state index in [1.807, 2.05) is 23.0 Å². The summed E-state index contributed by atoms with van der Waals surface area (Å²) < 4.78 is 10.4. The van der Waals surface area contributed by atoms with Gasteiger partial charge in [0.15, 0.2) is 0 Å². The summed E-state index contributed by atoms with van der Waals surface area (Å²) in [6, 6.07) is 0. The Morgan fingerprint density at radius 2 is 1.79 bits per heavy atom. The summed E-state index contributed by atoms with van der Waals surface area (Å²) >= 11 is 1.90. The van der Waals surface area contributed by atoms with Crippen molar-refractivity contribution in [2.75, 3.05) is 19.8 Å². The van der Waals surface area contributed by atoms with Crippen molar-refractivity contribution in [3.05, 3.63) is 0 Å². The Bertz CT molecular complexity index is 171. The molecule has 0 aromatic rings. The summed E-state index contributed by atoms with van der Waals surface area (Å²) in [5, 5.41) is 0. The third-order valence-electron chi connectivity index (χ3n) is 3.47. The van der Waals surface area contributed by atoms with Gasteiger partial charge in [-0.1, -0.05) is 20.8 Å². The molecule has 3 heteroatoms. The van der Waals surface area contributed by atoms with Crippen LogP contribution in [0.15, 0.2) is 0 Å². The average molecular weight is 312 g/mol. The van der Waals surface area contributed by atoms with Crippen LogP contribution in [0.2, 0.25) is 0 Å². The molecule has 0 spiro atoms. The highest BCUT2D eigenvalue weighted by Crippen LogP contribution is 2.60. The minimum Gasteiger partial charge on any atom is -0.379 e. The molecule has 1 saturated carbocycles. The molecule has 1 aliphatic carbocycles. The summed E-state index contributed by atoms with van der Waals surface area (Å²) in [6.45, 7) is 9.33. The van der Waals surface area contributed by atoms with Crippen LogP contribution in [0.1, 0.15) is 40.0 Å². The van der Waals surface area contributed by atoms with Gasteiger partial charge in [0.05, 0.1) is 13.2 Å². The van der Waals surface area contributed by atoms with E-state index in [-0.39, 0.29) is 0 Å². The van der Waals surface area contributed by atoms with E-state index in [0.29, 0.717) is 17.4 Å². The SMILES string of the molecule is CC(C)(C)C1(CCOCCOI)CC1. The molecule has 1 aliphatic rings. The Morgan fingerprint density at radius 3 is 2.21 bits per heavy atom. The molecule has 14 heavy (non-hydrogen) atoms. The summed E-state index contributed by atoms with van der Waals surface area (Å²) in [5.74, 6) is 0. The third kappa shape index (κ3) is 3.35. The van der Waals surface area contributed by atoms with Crippen molar-refractivity contribution >= 4 is 23.0 Å². The highest BCUT2D eigenvalue weighted by Gasteiger charge is 2.50. The number of rotatable bonds is 6. The van der Waals surface area contributed by atoms with Crippen LogP contribution >= 0.6 is 23.0 Å². The maximum Gasteiger partial charge on any atom is 0.109 e. The molecular weight excluding hydrogens is 291 g/mol. The molecule has 0 saturated heterocycles. The van der Waals surface area contributed by atoms with Crippen LogP contribution in [-0.2, 0) is 7.80 Å². The zero-order valence-electron chi connectivity index (χ0n) is 9.44. The zero-order chi connectivity index (χ0) is 10.7.